The van der Waals surface area contributed by atoms with Crippen molar-refractivity contribution >= 4 is 6.03 Å². The van der Waals surface area contributed by atoms with Crippen LogP contribution in [-0.4, -0.2) is 25.4 Å². The highest BCUT2D eigenvalue weighted by molar-refractivity contribution is 5.74. The molecule has 1 atom stereocenters. The van der Waals surface area contributed by atoms with Crippen molar-refractivity contribution in [2.45, 2.75) is 39.3 Å². The van der Waals surface area contributed by atoms with Gasteiger partial charge in [-0.25, -0.2) is 14.5 Å². The first-order valence-corrected chi connectivity index (χ1v) is 9.11. The Hall–Kier alpha value is -3.09. The quantitative estimate of drug-likeness (QED) is 0.703. The van der Waals surface area contributed by atoms with Gasteiger partial charge in [0.1, 0.15) is 5.82 Å². The van der Waals surface area contributed by atoms with Gasteiger partial charge in [0.15, 0.2) is 0 Å². The lowest BCUT2D eigenvalue weighted by Gasteiger charge is -2.14. The first-order valence-electron chi connectivity index (χ1n) is 9.11. The number of carbonyl (C=O) groups is 1. The fourth-order valence-electron chi connectivity index (χ4n) is 3.04. The third-order valence-electron chi connectivity index (χ3n) is 4.42. The van der Waals surface area contributed by atoms with E-state index in [0.29, 0.717) is 6.54 Å². The third-order valence-corrected chi connectivity index (χ3v) is 4.42. The fourth-order valence-corrected chi connectivity index (χ4v) is 3.04. The van der Waals surface area contributed by atoms with Crippen LogP contribution in [0.1, 0.15) is 49.8 Å². The van der Waals surface area contributed by atoms with Crippen LogP contribution in [0.3, 0.4) is 0 Å². The Morgan fingerprint density at radius 1 is 1.19 bits per heavy atom. The Balaban J connectivity index is 1.67. The number of hydrogen-bond acceptors (Lipinski definition) is 3. The second-order valence-electron chi connectivity index (χ2n) is 6.92. The summed E-state index contributed by atoms with van der Waals surface area (Å²) in [6, 6.07) is 9.55. The SMILES string of the molecule is CC(C)c1nn(-c2ccccc2)cc1CNC(=O)NC(C)c1nccn1C. The molecule has 0 fully saturated rings. The van der Waals surface area contributed by atoms with Gasteiger partial charge in [-0.05, 0) is 25.0 Å². The van der Waals surface area contributed by atoms with E-state index in [1.807, 2.05) is 65.9 Å². The lowest BCUT2D eigenvalue weighted by atomic mass is 10.1. The number of imidazole rings is 1. The number of aromatic nitrogens is 4. The second kappa shape index (κ2) is 8.07. The average molecular weight is 366 g/mol. The molecule has 0 saturated carbocycles. The molecule has 0 saturated heterocycles. The van der Waals surface area contributed by atoms with Gasteiger partial charge in [-0.3, -0.25) is 0 Å². The molecule has 3 aromatic rings. The third kappa shape index (κ3) is 4.36. The second-order valence-corrected chi connectivity index (χ2v) is 6.92. The van der Waals surface area contributed by atoms with Crippen molar-refractivity contribution in [2.75, 3.05) is 0 Å². The van der Waals surface area contributed by atoms with E-state index >= 15 is 0 Å². The van der Waals surface area contributed by atoms with Gasteiger partial charge < -0.3 is 15.2 Å². The largest absolute Gasteiger partial charge is 0.336 e. The Kier molecular flexibility index (Phi) is 5.59. The topological polar surface area (TPSA) is 76.8 Å². The van der Waals surface area contributed by atoms with Crippen LogP contribution in [0.15, 0.2) is 48.9 Å². The number of amides is 2. The molecule has 2 N–H and O–H groups in total. The van der Waals surface area contributed by atoms with E-state index in [2.05, 4.69) is 29.5 Å². The van der Waals surface area contributed by atoms with Crippen molar-refractivity contribution in [2.24, 2.45) is 7.05 Å². The highest BCUT2D eigenvalue weighted by Gasteiger charge is 2.16. The van der Waals surface area contributed by atoms with Crippen molar-refractivity contribution in [3.63, 3.8) is 0 Å². The van der Waals surface area contributed by atoms with E-state index in [-0.39, 0.29) is 18.0 Å². The molecule has 0 spiro atoms. The van der Waals surface area contributed by atoms with Crippen LogP contribution < -0.4 is 10.6 Å². The Morgan fingerprint density at radius 3 is 2.56 bits per heavy atom. The van der Waals surface area contributed by atoms with Crippen LogP contribution in [0.4, 0.5) is 4.79 Å². The molecule has 2 aromatic heterocycles. The molecule has 1 unspecified atom stereocenters. The van der Waals surface area contributed by atoms with Gasteiger partial charge in [0.05, 0.1) is 17.4 Å². The van der Waals surface area contributed by atoms with Crippen LogP contribution in [-0.2, 0) is 13.6 Å². The molecule has 27 heavy (non-hydrogen) atoms. The monoisotopic (exact) mass is 366 g/mol. The molecule has 0 radical (unpaired) electrons. The summed E-state index contributed by atoms with van der Waals surface area (Å²) in [5, 5.41) is 10.6. The van der Waals surface area contributed by atoms with Crippen LogP contribution >= 0.6 is 0 Å². The summed E-state index contributed by atoms with van der Waals surface area (Å²) in [7, 11) is 1.91. The van der Waals surface area contributed by atoms with Crippen LogP contribution in [0.2, 0.25) is 0 Å². The Morgan fingerprint density at radius 2 is 1.93 bits per heavy atom. The maximum absolute atomic E-state index is 12.3. The zero-order chi connectivity index (χ0) is 19.4. The molecule has 0 bridgehead atoms. The van der Waals surface area contributed by atoms with Gasteiger partial charge in [0, 0.05) is 37.7 Å². The molecule has 2 amide bonds. The van der Waals surface area contributed by atoms with E-state index < -0.39 is 0 Å². The van der Waals surface area contributed by atoms with Gasteiger partial charge in [-0.1, -0.05) is 32.0 Å². The number of aryl methyl sites for hydroxylation is 1. The number of carbonyl (C=O) groups excluding carboxylic acids is 1. The number of nitrogens with one attached hydrogen (secondary N) is 2. The molecule has 0 aliphatic rings. The lowest BCUT2D eigenvalue weighted by molar-refractivity contribution is 0.237. The molecule has 1 aromatic carbocycles. The summed E-state index contributed by atoms with van der Waals surface area (Å²) < 4.78 is 3.76. The molecule has 7 heteroatoms. The van der Waals surface area contributed by atoms with Crippen LogP contribution in [0.25, 0.3) is 5.69 Å². The molecular formula is C20H26N6O. The highest BCUT2D eigenvalue weighted by Crippen LogP contribution is 2.20. The maximum atomic E-state index is 12.3. The van der Waals surface area contributed by atoms with Crippen molar-refractivity contribution in [3.05, 3.63) is 66.0 Å². The molecule has 142 valence electrons. The average Bonchev–Trinajstić information content (AvgIpc) is 3.27. The fraction of sp³-hybridized carbons (Fsp3) is 0.350. The van der Waals surface area contributed by atoms with Crippen molar-refractivity contribution in [3.8, 4) is 5.69 Å². The number of urea groups is 1. The van der Waals surface area contributed by atoms with Gasteiger partial charge in [0.2, 0.25) is 0 Å². The molecule has 0 aliphatic heterocycles. The predicted molar refractivity (Wildman–Crippen MR) is 105 cm³/mol. The van der Waals surface area contributed by atoms with E-state index in [9.17, 15) is 4.79 Å². The summed E-state index contributed by atoms with van der Waals surface area (Å²) in [6.45, 7) is 6.53. The summed E-state index contributed by atoms with van der Waals surface area (Å²) >= 11 is 0. The number of benzene rings is 1. The highest BCUT2D eigenvalue weighted by atomic mass is 16.2. The number of hydrogen-bond donors (Lipinski definition) is 2. The molecule has 7 nitrogen and oxygen atoms in total. The van der Waals surface area contributed by atoms with Crippen LogP contribution in [0, 0.1) is 0 Å². The minimum Gasteiger partial charge on any atom is -0.336 e. The van der Waals surface area contributed by atoms with E-state index in [1.54, 1.807) is 6.20 Å². The minimum absolute atomic E-state index is 0.179. The molecule has 2 heterocycles. The molecular weight excluding hydrogens is 340 g/mol. The van der Waals surface area contributed by atoms with Gasteiger partial charge >= 0.3 is 6.03 Å². The number of nitrogens with zero attached hydrogens (tertiary/aromatic N) is 4. The predicted octanol–water partition coefficient (Wildman–Crippen LogP) is 3.29. The van der Waals surface area contributed by atoms with E-state index in [1.165, 1.54) is 0 Å². The number of rotatable bonds is 6. The van der Waals surface area contributed by atoms with Crippen molar-refractivity contribution < 1.29 is 4.79 Å². The van der Waals surface area contributed by atoms with E-state index in [4.69, 9.17) is 5.10 Å². The summed E-state index contributed by atoms with van der Waals surface area (Å²) in [6.07, 6.45) is 5.56. The number of para-hydroxylation sites is 1. The first-order chi connectivity index (χ1) is 13.0. The summed E-state index contributed by atoms with van der Waals surface area (Å²) in [5.41, 5.74) is 2.99. The van der Waals surface area contributed by atoms with Gasteiger partial charge in [-0.2, -0.15) is 5.10 Å². The van der Waals surface area contributed by atoms with Crippen molar-refractivity contribution in [1.29, 1.82) is 0 Å². The summed E-state index contributed by atoms with van der Waals surface area (Å²) in [5.74, 6) is 1.08. The molecule has 0 aliphatic carbocycles. The van der Waals surface area contributed by atoms with E-state index in [0.717, 1.165) is 22.8 Å². The first kappa shape index (κ1) is 18.7. The Labute approximate surface area is 159 Å². The smallest absolute Gasteiger partial charge is 0.315 e. The minimum atomic E-state index is -0.229. The Bertz CT molecular complexity index is 896. The lowest BCUT2D eigenvalue weighted by Crippen LogP contribution is -2.37. The van der Waals surface area contributed by atoms with Crippen molar-refractivity contribution in [1.82, 2.24) is 30.0 Å². The van der Waals surface area contributed by atoms with Crippen LogP contribution in [0.5, 0.6) is 0 Å². The standard InChI is InChI=1S/C20H26N6O/c1-14(2)18-16(13-26(24-18)17-8-6-5-7-9-17)12-22-20(27)23-15(3)19-21-10-11-25(19)4/h5-11,13-15H,12H2,1-4H3,(H2,22,23,27). The zero-order valence-electron chi connectivity index (χ0n) is 16.2. The van der Waals surface area contributed by atoms with Gasteiger partial charge in [-0.15, -0.1) is 0 Å². The van der Waals surface area contributed by atoms with Gasteiger partial charge in [0.25, 0.3) is 0 Å². The normalized spacial score (nSPS) is 12.2. The maximum Gasteiger partial charge on any atom is 0.315 e. The summed E-state index contributed by atoms with van der Waals surface area (Å²) in [4.78, 5) is 16.6. The molecule has 3 rings (SSSR count). The zero-order valence-corrected chi connectivity index (χ0v) is 16.2.